The third-order valence-electron chi connectivity index (χ3n) is 2.83. The van der Waals surface area contributed by atoms with Gasteiger partial charge in [-0.25, -0.2) is 4.79 Å². The lowest BCUT2D eigenvalue weighted by Crippen LogP contribution is -2.43. The molecule has 1 aliphatic rings. The molecule has 0 saturated heterocycles. The van der Waals surface area contributed by atoms with E-state index < -0.39 is 36.4 Å². The molecule has 4 nitrogen and oxygen atoms in total. The van der Waals surface area contributed by atoms with E-state index in [1.54, 1.807) is 6.08 Å². The van der Waals surface area contributed by atoms with Gasteiger partial charge in [-0.2, -0.15) is 26.3 Å². The van der Waals surface area contributed by atoms with Crippen LogP contribution in [-0.2, 0) is 4.79 Å². The van der Waals surface area contributed by atoms with Crippen molar-refractivity contribution in [3.05, 3.63) is 11.6 Å². The first-order chi connectivity index (χ1) is 10.5. The first-order valence-corrected chi connectivity index (χ1v) is 6.82. The van der Waals surface area contributed by atoms with Gasteiger partial charge >= 0.3 is 18.4 Å². The predicted molar refractivity (Wildman–Crippen MR) is 73.5 cm³/mol. The van der Waals surface area contributed by atoms with Crippen LogP contribution in [0.2, 0.25) is 0 Å². The molecule has 0 aliphatic heterocycles. The summed E-state index contributed by atoms with van der Waals surface area (Å²) < 4.78 is 69.4. The fraction of sp³-hybridized carbons (Fsp3) is 0.714. The van der Waals surface area contributed by atoms with Gasteiger partial charge in [0.25, 0.3) is 0 Å². The smallest absolute Gasteiger partial charge is 0.407 e. The first kappa shape index (κ1) is 22.3. The van der Waals surface area contributed by atoms with Crippen LogP contribution in [0.15, 0.2) is 11.6 Å². The van der Waals surface area contributed by atoms with Gasteiger partial charge in [0.15, 0.2) is 5.78 Å². The number of alkyl halides is 6. The summed E-state index contributed by atoms with van der Waals surface area (Å²) in [4.78, 5) is 20.2. The highest BCUT2D eigenvalue weighted by atomic mass is 19.4. The summed E-state index contributed by atoms with van der Waals surface area (Å²) in [7, 11) is 0. The molecule has 0 unspecified atom stereocenters. The van der Waals surface area contributed by atoms with Crippen molar-refractivity contribution >= 4 is 11.9 Å². The summed E-state index contributed by atoms with van der Waals surface area (Å²) in [6.45, 7) is 2.03. The Balaban J connectivity index is 0.000000463. The molecule has 140 valence electrons. The number of ketones is 1. The van der Waals surface area contributed by atoms with Gasteiger partial charge in [0, 0.05) is 6.42 Å². The second kappa shape index (κ2) is 7.89. The highest BCUT2D eigenvalue weighted by Gasteiger charge is 2.39. The molecule has 0 saturated carbocycles. The van der Waals surface area contributed by atoms with Gasteiger partial charge in [-0.05, 0) is 24.8 Å². The van der Waals surface area contributed by atoms with Crippen LogP contribution in [0.3, 0.4) is 0 Å². The van der Waals surface area contributed by atoms with Crippen LogP contribution in [0.25, 0.3) is 0 Å². The zero-order chi connectivity index (χ0) is 19.3. The van der Waals surface area contributed by atoms with E-state index in [-0.39, 0.29) is 11.2 Å². The molecule has 0 heterocycles. The van der Waals surface area contributed by atoms with Crippen molar-refractivity contribution in [2.75, 3.05) is 13.1 Å². The molecular formula is C14H19F6NO3. The number of amides is 1. The minimum absolute atomic E-state index is 0.204. The molecule has 0 radical (unpaired) electrons. The Morgan fingerprint density at radius 1 is 1.12 bits per heavy atom. The Morgan fingerprint density at radius 2 is 1.54 bits per heavy atom. The van der Waals surface area contributed by atoms with E-state index in [0.717, 1.165) is 6.42 Å². The molecule has 0 spiro atoms. The van der Waals surface area contributed by atoms with Crippen LogP contribution in [0, 0.1) is 5.41 Å². The van der Waals surface area contributed by atoms with E-state index >= 15 is 0 Å². The van der Waals surface area contributed by atoms with Crippen molar-refractivity contribution < 1.29 is 41.0 Å². The summed E-state index contributed by atoms with van der Waals surface area (Å²) >= 11 is 0. The second-order valence-electron chi connectivity index (χ2n) is 6.34. The molecule has 0 aromatic rings. The number of halogens is 6. The van der Waals surface area contributed by atoms with Crippen molar-refractivity contribution in [3.63, 3.8) is 0 Å². The van der Waals surface area contributed by atoms with E-state index in [2.05, 4.69) is 13.8 Å². The minimum Gasteiger partial charge on any atom is -0.465 e. The SMILES string of the molecule is CC1=CC(=O)CC(C)(C)C1.O=C(O)N(CC(F)(F)F)CC(F)(F)F. The van der Waals surface area contributed by atoms with Gasteiger partial charge < -0.3 is 5.11 Å². The Hall–Kier alpha value is -1.74. The maximum Gasteiger partial charge on any atom is 0.407 e. The molecular weight excluding hydrogens is 344 g/mol. The van der Waals surface area contributed by atoms with E-state index in [1.807, 2.05) is 6.92 Å². The van der Waals surface area contributed by atoms with E-state index in [1.165, 1.54) is 5.57 Å². The molecule has 0 bridgehead atoms. The predicted octanol–water partition coefficient (Wildman–Crippen LogP) is 4.41. The summed E-state index contributed by atoms with van der Waals surface area (Å²) in [6.07, 6.45) is -8.68. The van der Waals surface area contributed by atoms with Gasteiger partial charge in [-0.3, -0.25) is 9.69 Å². The van der Waals surface area contributed by atoms with E-state index in [4.69, 9.17) is 5.11 Å². The van der Waals surface area contributed by atoms with Gasteiger partial charge in [-0.15, -0.1) is 0 Å². The average Bonchev–Trinajstić information content (AvgIpc) is 2.20. The zero-order valence-corrected chi connectivity index (χ0v) is 13.4. The van der Waals surface area contributed by atoms with Crippen LogP contribution < -0.4 is 0 Å². The Labute approximate surface area is 135 Å². The zero-order valence-electron chi connectivity index (χ0n) is 13.4. The Morgan fingerprint density at radius 3 is 1.79 bits per heavy atom. The average molecular weight is 363 g/mol. The standard InChI is InChI=1S/C9H14O.C5H5F6NO2/c1-7-4-8(10)6-9(2,3)5-7;6-4(7,8)1-12(3(13)14)2-5(9,10)11/h4H,5-6H2,1-3H3;1-2H2,(H,13,14). The maximum atomic E-state index is 11.6. The third-order valence-corrected chi connectivity index (χ3v) is 2.83. The molecule has 24 heavy (non-hydrogen) atoms. The summed E-state index contributed by atoms with van der Waals surface area (Å²) in [6, 6.07) is 0. The molecule has 1 N–H and O–H groups in total. The molecule has 0 aromatic heterocycles. The molecule has 10 heteroatoms. The molecule has 0 atom stereocenters. The lowest BCUT2D eigenvalue weighted by molar-refractivity contribution is -0.173. The topological polar surface area (TPSA) is 57.6 Å². The molecule has 1 rings (SSSR count). The number of carboxylic acid groups (broad SMARTS) is 1. The Bertz CT molecular complexity index is 478. The van der Waals surface area contributed by atoms with Gasteiger partial charge in [0.2, 0.25) is 0 Å². The van der Waals surface area contributed by atoms with Gasteiger partial charge in [-0.1, -0.05) is 19.4 Å². The number of rotatable bonds is 2. The lowest BCUT2D eigenvalue weighted by Gasteiger charge is -2.27. The maximum absolute atomic E-state index is 11.6. The number of nitrogens with zero attached hydrogens (tertiary/aromatic N) is 1. The van der Waals surface area contributed by atoms with Crippen molar-refractivity contribution in [1.82, 2.24) is 4.90 Å². The van der Waals surface area contributed by atoms with Gasteiger partial charge in [0.1, 0.15) is 13.1 Å². The fourth-order valence-electron chi connectivity index (χ4n) is 2.29. The van der Waals surface area contributed by atoms with Crippen LogP contribution >= 0.6 is 0 Å². The van der Waals surface area contributed by atoms with Crippen LogP contribution in [0.5, 0.6) is 0 Å². The number of carbonyl (C=O) groups is 2. The van der Waals surface area contributed by atoms with Gasteiger partial charge in [0.05, 0.1) is 0 Å². The number of allylic oxidation sites excluding steroid dienone is 2. The lowest BCUT2D eigenvalue weighted by atomic mass is 9.77. The highest BCUT2D eigenvalue weighted by Crippen LogP contribution is 2.32. The summed E-state index contributed by atoms with van der Waals surface area (Å²) in [5.74, 6) is 0.286. The summed E-state index contributed by atoms with van der Waals surface area (Å²) in [5, 5.41) is 8.03. The minimum atomic E-state index is -4.98. The number of hydrogen-bond acceptors (Lipinski definition) is 2. The van der Waals surface area contributed by atoms with Crippen molar-refractivity contribution in [3.8, 4) is 0 Å². The Kier molecular flexibility index (Phi) is 7.32. The largest absolute Gasteiger partial charge is 0.465 e. The monoisotopic (exact) mass is 363 g/mol. The third kappa shape index (κ3) is 10.9. The quantitative estimate of drug-likeness (QED) is 0.739. The van der Waals surface area contributed by atoms with E-state index in [0.29, 0.717) is 6.42 Å². The molecule has 1 aliphatic carbocycles. The normalized spacial score (nSPS) is 17.5. The van der Waals surface area contributed by atoms with Crippen molar-refractivity contribution in [2.24, 2.45) is 5.41 Å². The number of carbonyl (C=O) groups excluding carboxylic acids is 1. The van der Waals surface area contributed by atoms with Crippen molar-refractivity contribution in [2.45, 2.75) is 46.0 Å². The molecule has 0 aromatic carbocycles. The van der Waals surface area contributed by atoms with Crippen LogP contribution in [-0.4, -0.2) is 47.3 Å². The first-order valence-electron chi connectivity index (χ1n) is 6.82. The fourth-order valence-corrected chi connectivity index (χ4v) is 2.29. The van der Waals surface area contributed by atoms with E-state index in [9.17, 15) is 35.9 Å². The second-order valence-corrected chi connectivity index (χ2v) is 6.34. The summed E-state index contributed by atoms with van der Waals surface area (Å²) in [5.41, 5.74) is 1.43. The van der Waals surface area contributed by atoms with Crippen LogP contribution in [0.1, 0.15) is 33.6 Å². The highest BCUT2D eigenvalue weighted by molar-refractivity contribution is 5.91. The van der Waals surface area contributed by atoms with Crippen molar-refractivity contribution in [1.29, 1.82) is 0 Å². The molecule has 0 fully saturated rings. The van der Waals surface area contributed by atoms with Crippen LogP contribution in [0.4, 0.5) is 31.1 Å². The number of hydrogen-bond donors (Lipinski definition) is 1. The molecule has 1 amide bonds.